The summed E-state index contributed by atoms with van der Waals surface area (Å²) >= 11 is 0. The van der Waals surface area contributed by atoms with Crippen LogP contribution in [0.1, 0.15) is 31.9 Å². The van der Waals surface area contributed by atoms with Gasteiger partial charge in [0.2, 0.25) is 5.91 Å². The van der Waals surface area contributed by atoms with Crippen molar-refractivity contribution in [2.45, 2.75) is 32.4 Å². The van der Waals surface area contributed by atoms with E-state index in [1.165, 1.54) is 0 Å². The van der Waals surface area contributed by atoms with Crippen molar-refractivity contribution < 1.29 is 14.3 Å². The minimum absolute atomic E-state index is 0.0360. The molecule has 1 fully saturated rings. The van der Waals surface area contributed by atoms with Gasteiger partial charge in [-0.05, 0) is 31.5 Å². The van der Waals surface area contributed by atoms with Gasteiger partial charge in [0.05, 0.1) is 25.4 Å². The van der Waals surface area contributed by atoms with E-state index >= 15 is 0 Å². The minimum Gasteiger partial charge on any atom is -0.491 e. The van der Waals surface area contributed by atoms with Gasteiger partial charge in [-0.25, -0.2) is 0 Å². The van der Waals surface area contributed by atoms with Crippen LogP contribution in [0.2, 0.25) is 0 Å². The standard InChI is InChI=1S/C19H28N2O3/c1-4-18(16-5-7-17(8-6-16)24-15(2)3)20-19(22)9-10-21-11-13-23-14-12-21/h4-8,15,18H,1,9-14H2,2-3H3,(H,20,22). The van der Waals surface area contributed by atoms with Gasteiger partial charge in [0, 0.05) is 26.1 Å². The second kappa shape index (κ2) is 9.45. The van der Waals surface area contributed by atoms with Crippen molar-refractivity contribution >= 4 is 5.91 Å². The van der Waals surface area contributed by atoms with Gasteiger partial charge in [-0.1, -0.05) is 18.2 Å². The summed E-state index contributed by atoms with van der Waals surface area (Å²) in [5, 5.41) is 3.03. The quantitative estimate of drug-likeness (QED) is 0.743. The van der Waals surface area contributed by atoms with Crippen molar-refractivity contribution in [1.29, 1.82) is 0 Å². The molecule has 5 nitrogen and oxygen atoms in total. The van der Waals surface area contributed by atoms with Crippen LogP contribution in [0.3, 0.4) is 0 Å². The first-order valence-electron chi connectivity index (χ1n) is 8.57. The fourth-order valence-electron chi connectivity index (χ4n) is 2.63. The summed E-state index contributed by atoms with van der Waals surface area (Å²) in [6.07, 6.45) is 2.38. The molecule has 24 heavy (non-hydrogen) atoms. The van der Waals surface area contributed by atoms with E-state index in [1.54, 1.807) is 6.08 Å². The maximum atomic E-state index is 12.2. The van der Waals surface area contributed by atoms with Crippen molar-refractivity contribution in [2.75, 3.05) is 32.8 Å². The van der Waals surface area contributed by atoms with Crippen LogP contribution in [0.5, 0.6) is 5.75 Å². The molecule has 1 aromatic rings. The fourth-order valence-corrected chi connectivity index (χ4v) is 2.63. The molecule has 0 aliphatic carbocycles. The largest absolute Gasteiger partial charge is 0.491 e. The number of carbonyl (C=O) groups excluding carboxylic acids is 1. The average Bonchev–Trinajstić information content (AvgIpc) is 2.59. The third-order valence-corrected chi connectivity index (χ3v) is 3.92. The zero-order valence-corrected chi connectivity index (χ0v) is 14.7. The normalized spacial score (nSPS) is 16.6. The number of hydrogen-bond donors (Lipinski definition) is 1. The van der Waals surface area contributed by atoms with E-state index in [2.05, 4.69) is 16.8 Å². The minimum atomic E-state index is -0.185. The smallest absolute Gasteiger partial charge is 0.222 e. The molecule has 1 unspecified atom stereocenters. The van der Waals surface area contributed by atoms with E-state index in [0.29, 0.717) is 6.42 Å². The molecule has 1 amide bonds. The Hall–Kier alpha value is -1.85. The predicted molar refractivity (Wildman–Crippen MR) is 95.2 cm³/mol. The first kappa shape index (κ1) is 18.5. The predicted octanol–water partition coefficient (Wildman–Crippen LogP) is 2.54. The molecule has 132 valence electrons. The van der Waals surface area contributed by atoms with Crippen LogP contribution in [-0.2, 0) is 9.53 Å². The zero-order valence-electron chi connectivity index (χ0n) is 14.7. The van der Waals surface area contributed by atoms with Crippen LogP contribution in [-0.4, -0.2) is 49.8 Å². The lowest BCUT2D eigenvalue weighted by Crippen LogP contribution is -2.39. The summed E-state index contributed by atoms with van der Waals surface area (Å²) in [5.41, 5.74) is 1.00. The highest BCUT2D eigenvalue weighted by molar-refractivity contribution is 5.76. The van der Waals surface area contributed by atoms with Crippen LogP contribution >= 0.6 is 0 Å². The Morgan fingerprint density at radius 1 is 1.33 bits per heavy atom. The maximum absolute atomic E-state index is 12.2. The second-order valence-electron chi connectivity index (χ2n) is 6.22. The third kappa shape index (κ3) is 5.98. The van der Waals surface area contributed by atoms with Crippen molar-refractivity contribution in [3.8, 4) is 5.75 Å². The van der Waals surface area contributed by atoms with Crippen LogP contribution in [0.25, 0.3) is 0 Å². The van der Waals surface area contributed by atoms with Gasteiger partial charge < -0.3 is 14.8 Å². The molecule has 1 aliphatic rings. The van der Waals surface area contributed by atoms with E-state index in [1.807, 2.05) is 38.1 Å². The van der Waals surface area contributed by atoms with Crippen molar-refractivity contribution in [2.24, 2.45) is 0 Å². The van der Waals surface area contributed by atoms with E-state index in [4.69, 9.17) is 9.47 Å². The maximum Gasteiger partial charge on any atom is 0.222 e. The third-order valence-electron chi connectivity index (χ3n) is 3.92. The van der Waals surface area contributed by atoms with Crippen molar-refractivity contribution in [1.82, 2.24) is 10.2 Å². The van der Waals surface area contributed by atoms with Crippen molar-refractivity contribution in [3.05, 3.63) is 42.5 Å². The molecule has 1 N–H and O–H groups in total. The van der Waals surface area contributed by atoms with Gasteiger partial charge in [0.15, 0.2) is 0 Å². The van der Waals surface area contributed by atoms with E-state index in [-0.39, 0.29) is 18.1 Å². The molecule has 0 radical (unpaired) electrons. The zero-order chi connectivity index (χ0) is 17.4. The van der Waals surface area contributed by atoms with Crippen LogP contribution in [0, 0.1) is 0 Å². The molecule has 0 saturated carbocycles. The van der Waals surface area contributed by atoms with E-state index in [9.17, 15) is 4.79 Å². The first-order chi connectivity index (χ1) is 11.6. The number of ether oxygens (including phenoxy) is 2. The van der Waals surface area contributed by atoms with E-state index < -0.39 is 0 Å². The van der Waals surface area contributed by atoms with Crippen molar-refractivity contribution in [3.63, 3.8) is 0 Å². The number of carbonyl (C=O) groups is 1. The number of nitrogens with one attached hydrogen (secondary N) is 1. The Bertz CT molecular complexity index is 522. The Kier molecular flexibility index (Phi) is 7.28. The van der Waals surface area contributed by atoms with Crippen LogP contribution in [0.4, 0.5) is 0 Å². The molecule has 0 spiro atoms. The van der Waals surface area contributed by atoms with Gasteiger partial charge in [-0.3, -0.25) is 9.69 Å². The molecule has 0 bridgehead atoms. The van der Waals surface area contributed by atoms with Gasteiger partial charge >= 0.3 is 0 Å². The lowest BCUT2D eigenvalue weighted by molar-refractivity contribution is -0.122. The molecular weight excluding hydrogens is 304 g/mol. The van der Waals surface area contributed by atoms with Gasteiger partial charge in [-0.2, -0.15) is 0 Å². The summed E-state index contributed by atoms with van der Waals surface area (Å²) in [6.45, 7) is 11.9. The molecule has 1 saturated heterocycles. The SMILES string of the molecule is C=CC(NC(=O)CCN1CCOCC1)c1ccc(OC(C)C)cc1. The van der Waals surface area contributed by atoms with Crippen LogP contribution < -0.4 is 10.1 Å². The molecule has 1 heterocycles. The average molecular weight is 332 g/mol. The van der Waals surface area contributed by atoms with Crippen LogP contribution in [0.15, 0.2) is 36.9 Å². The summed E-state index contributed by atoms with van der Waals surface area (Å²) in [4.78, 5) is 14.5. The summed E-state index contributed by atoms with van der Waals surface area (Å²) in [7, 11) is 0. The highest BCUT2D eigenvalue weighted by atomic mass is 16.5. The first-order valence-corrected chi connectivity index (χ1v) is 8.57. The summed E-state index contributed by atoms with van der Waals surface area (Å²) in [5.74, 6) is 0.865. The van der Waals surface area contributed by atoms with Gasteiger partial charge in [-0.15, -0.1) is 6.58 Å². The summed E-state index contributed by atoms with van der Waals surface area (Å²) in [6, 6.07) is 7.59. The Labute approximate surface area is 144 Å². The lowest BCUT2D eigenvalue weighted by atomic mass is 10.1. The second-order valence-corrected chi connectivity index (χ2v) is 6.22. The number of hydrogen-bond acceptors (Lipinski definition) is 4. The summed E-state index contributed by atoms with van der Waals surface area (Å²) < 4.78 is 11.0. The fraction of sp³-hybridized carbons (Fsp3) is 0.526. The molecule has 2 rings (SSSR count). The number of morpholine rings is 1. The van der Waals surface area contributed by atoms with E-state index in [0.717, 1.165) is 44.2 Å². The Morgan fingerprint density at radius 3 is 2.58 bits per heavy atom. The number of rotatable bonds is 8. The Balaban J connectivity index is 1.83. The molecule has 1 aromatic carbocycles. The molecule has 1 aliphatic heterocycles. The molecular formula is C19H28N2O3. The number of amides is 1. The highest BCUT2D eigenvalue weighted by Gasteiger charge is 2.15. The topological polar surface area (TPSA) is 50.8 Å². The van der Waals surface area contributed by atoms with Gasteiger partial charge in [0.25, 0.3) is 0 Å². The molecule has 1 atom stereocenters. The Morgan fingerprint density at radius 2 is 2.00 bits per heavy atom. The monoisotopic (exact) mass is 332 g/mol. The number of nitrogens with zero attached hydrogens (tertiary/aromatic N) is 1. The molecule has 5 heteroatoms. The number of benzene rings is 1. The highest BCUT2D eigenvalue weighted by Crippen LogP contribution is 2.19. The van der Waals surface area contributed by atoms with Gasteiger partial charge in [0.1, 0.15) is 5.75 Å². The lowest BCUT2D eigenvalue weighted by Gasteiger charge is -2.26. The molecule has 0 aromatic heterocycles.